The highest BCUT2D eigenvalue weighted by atomic mass is 79.9. The Morgan fingerprint density at radius 3 is 3.07 bits per heavy atom. The third-order valence-corrected chi connectivity index (χ3v) is 3.19. The van der Waals surface area contributed by atoms with E-state index in [1.54, 1.807) is 0 Å². The molecule has 0 bridgehead atoms. The molecule has 1 N–H and O–H groups in total. The number of fused-ring (bicyclic) bond motifs is 1. The number of carbonyl (C=O) groups is 1. The molecule has 5 heteroatoms. The van der Waals surface area contributed by atoms with Crippen LogP contribution in [0.1, 0.15) is 4.88 Å². The Kier molecular flexibility index (Phi) is 2.52. The van der Waals surface area contributed by atoms with Gasteiger partial charge in [0.2, 0.25) is 0 Å². The topological polar surface area (TPSA) is 50.2 Å². The van der Waals surface area contributed by atoms with E-state index in [-0.39, 0.29) is 6.42 Å². The van der Waals surface area contributed by atoms with E-state index in [1.165, 1.54) is 11.5 Å². The molecule has 72 valence electrons. The third-order valence-electron chi connectivity index (χ3n) is 1.82. The highest BCUT2D eigenvalue weighted by Gasteiger charge is 2.09. The van der Waals surface area contributed by atoms with E-state index in [0.717, 1.165) is 20.3 Å². The van der Waals surface area contributed by atoms with Crippen molar-refractivity contribution in [3.05, 3.63) is 27.5 Å². The number of aliphatic carboxylic acids is 1. The van der Waals surface area contributed by atoms with Crippen LogP contribution in [0.25, 0.3) is 10.9 Å². The maximum Gasteiger partial charge on any atom is 0.308 e. The van der Waals surface area contributed by atoms with E-state index >= 15 is 0 Å². The van der Waals surface area contributed by atoms with Crippen molar-refractivity contribution < 1.29 is 9.90 Å². The van der Waals surface area contributed by atoms with Crippen molar-refractivity contribution in [2.45, 2.75) is 6.42 Å². The maximum absolute atomic E-state index is 10.6. The maximum atomic E-state index is 10.6. The summed E-state index contributed by atoms with van der Waals surface area (Å²) in [5.74, 6) is -0.824. The zero-order chi connectivity index (χ0) is 10.1. The summed E-state index contributed by atoms with van der Waals surface area (Å²) >= 11 is 4.60. The minimum atomic E-state index is -0.824. The standard InChI is InChI=1S/C9H6BrNO2S/c10-5-1-2-7-6(3-5)8(14-11-7)4-9(12)13/h1-3H,4H2,(H,12,13). The van der Waals surface area contributed by atoms with Gasteiger partial charge in [-0.25, -0.2) is 0 Å². The number of hydrogen-bond acceptors (Lipinski definition) is 3. The van der Waals surface area contributed by atoms with Gasteiger partial charge in [0, 0.05) is 14.7 Å². The van der Waals surface area contributed by atoms with Gasteiger partial charge >= 0.3 is 5.97 Å². The Labute approximate surface area is 92.7 Å². The molecule has 0 spiro atoms. The molecule has 2 rings (SSSR count). The summed E-state index contributed by atoms with van der Waals surface area (Å²) < 4.78 is 5.11. The van der Waals surface area contributed by atoms with Crippen molar-refractivity contribution in [1.82, 2.24) is 4.37 Å². The second kappa shape index (κ2) is 3.67. The number of aromatic nitrogens is 1. The molecule has 14 heavy (non-hydrogen) atoms. The van der Waals surface area contributed by atoms with Gasteiger partial charge < -0.3 is 5.11 Å². The number of benzene rings is 1. The summed E-state index contributed by atoms with van der Waals surface area (Å²) in [5.41, 5.74) is 0.856. The Bertz CT molecular complexity index is 495. The average molecular weight is 272 g/mol. The molecule has 0 radical (unpaired) electrons. The fourth-order valence-electron chi connectivity index (χ4n) is 1.23. The first-order chi connectivity index (χ1) is 6.66. The van der Waals surface area contributed by atoms with Crippen molar-refractivity contribution in [2.75, 3.05) is 0 Å². The molecule has 0 aliphatic rings. The SMILES string of the molecule is O=C(O)Cc1snc2ccc(Br)cc12. The fourth-order valence-corrected chi connectivity index (χ4v) is 2.41. The Hall–Kier alpha value is -0.940. The van der Waals surface area contributed by atoms with Crippen molar-refractivity contribution in [3.63, 3.8) is 0 Å². The second-order valence-electron chi connectivity index (χ2n) is 2.84. The lowest BCUT2D eigenvalue weighted by Gasteiger charge is -1.93. The lowest BCUT2D eigenvalue weighted by Crippen LogP contribution is -1.97. The van der Waals surface area contributed by atoms with E-state index in [9.17, 15) is 4.79 Å². The van der Waals surface area contributed by atoms with Crippen molar-refractivity contribution in [1.29, 1.82) is 0 Å². The van der Waals surface area contributed by atoms with Gasteiger partial charge in [0.25, 0.3) is 0 Å². The lowest BCUT2D eigenvalue weighted by atomic mass is 10.2. The van der Waals surface area contributed by atoms with Crippen molar-refractivity contribution >= 4 is 44.3 Å². The second-order valence-corrected chi connectivity index (χ2v) is 4.61. The van der Waals surface area contributed by atoms with Crippen LogP contribution in [0.3, 0.4) is 0 Å². The molecule has 0 fully saturated rings. The number of nitrogens with zero attached hydrogens (tertiary/aromatic N) is 1. The molecule has 1 aromatic heterocycles. The summed E-state index contributed by atoms with van der Waals surface area (Å²) in [6.07, 6.45) is 0.0393. The monoisotopic (exact) mass is 271 g/mol. The number of carboxylic acid groups (broad SMARTS) is 1. The van der Waals surface area contributed by atoms with Crippen LogP contribution < -0.4 is 0 Å². The third kappa shape index (κ3) is 1.78. The molecule has 0 atom stereocenters. The molecule has 2 aromatic rings. The quantitative estimate of drug-likeness (QED) is 0.914. The van der Waals surface area contributed by atoms with Crippen LogP contribution in [0.4, 0.5) is 0 Å². The summed E-state index contributed by atoms with van der Waals surface area (Å²) in [6.45, 7) is 0. The average Bonchev–Trinajstić information content (AvgIpc) is 2.47. The summed E-state index contributed by atoms with van der Waals surface area (Å²) in [7, 11) is 0. The molecule has 0 saturated heterocycles. The molecule has 1 heterocycles. The van der Waals surface area contributed by atoms with Crippen LogP contribution in [0.5, 0.6) is 0 Å². The zero-order valence-electron chi connectivity index (χ0n) is 7.03. The number of halogens is 1. The van der Waals surface area contributed by atoms with Gasteiger partial charge in [-0.1, -0.05) is 15.9 Å². The van der Waals surface area contributed by atoms with Crippen molar-refractivity contribution in [2.24, 2.45) is 0 Å². The minimum absolute atomic E-state index is 0.0393. The van der Waals surface area contributed by atoms with Crippen LogP contribution in [-0.2, 0) is 11.2 Å². The van der Waals surface area contributed by atoms with E-state index in [0.29, 0.717) is 0 Å². The molecule has 3 nitrogen and oxygen atoms in total. The normalized spacial score (nSPS) is 10.6. The summed E-state index contributed by atoms with van der Waals surface area (Å²) in [6, 6.07) is 5.67. The highest BCUT2D eigenvalue weighted by Crippen LogP contribution is 2.25. The fraction of sp³-hybridized carbons (Fsp3) is 0.111. The molecule has 0 amide bonds. The number of hydrogen-bond donors (Lipinski definition) is 1. The minimum Gasteiger partial charge on any atom is -0.481 e. The van der Waals surface area contributed by atoms with Gasteiger partial charge in [0.15, 0.2) is 0 Å². The molecule has 0 aliphatic heterocycles. The number of carboxylic acids is 1. The van der Waals surface area contributed by atoms with E-state index in [4.69, 9.17) is 5.11 Å². The van der Waals surface area contributed by atoms with Gasteiger partial charge in [0.05, 0.1) is 11.9 Å². The lowest BCUT2D eigenvalue weighted by molar-refractivity contribution is -0.136. The van der Waals surface area contributed by atoms with E-state index in [2.05, 4.69) is 20.3 Å². The van der Waals surface area contributed by atoms with Gasteiger partial charge in [0.1, 0.15) is 0 Å². The summed E-state index contributed by atoms with van der Waals surface area (Å²) in [4.78, 5) is 11.4. The molecule has 0 unspecified atom stereocenters. The van der Waals surface area contributed by atoms with E-state index < -0.39 is 5.97 Å². The zero-order valence-corrected chi connectivity index (χ0v) is 9.43. The molecule has 1 aromatic carbocycles. The van der Waals surface area contributed by atoms with Gasteiger partial charge in [-0.15, -0.1) is 0 Å². The smallest absolute Gasteiger partial charge is 0.308 e. The predicted molar refractivity (Wildman–Crippen MR) is 58.7 cm³/mol. The van der Waals surface area contributed by atoms with Gasteiger partial charge in [-0.3, -0.25) is 4.79 Å². The predicted octanol–water partition coefficient (Wildman–Crippen LogP) is 2.69. The highest BCUT2D eigenvalue weighted by molar-refractivity contribution is 9.10. The van der Waals surface area contributed by atoms with Gasteiger partial charge in [-0.05, 0) is 29.7 Å². The molecule has 0 saturated carbocycles. The van der Waals surface area contributed by atoms with Crippen LogP contribution in [0.15, 0.2) is 22.7 Å². The Morgan fingerprint density at radius 1 is 1.57 bits per heavy atom. The Morgan fingerprint density at radius 2 is 2.36 bits per heavy atom. The van der Waals surface area contributed by atoms with Crippen LogP contribution >= 0.6 is 27.5 Å². The van der Waals surface area contributed by atoms with Crippen LogP contribution in [-0.4, -0.2) is 15.4 Å². The Balaban J connectivity index is 2.55. The van der Waals surface area contributed by atoms with Crippen molar-refractivity contribution in [3.8, 4) is 0 Å². The van der Waals surface area contributed by atoms with Gasteiger partial charge in [-0.2, -0.15) is 4.37 Å². The van der Waals surface area contributed by atoms with Crippen LogP contribution in [0, 0.1) is 0 Å². The van der Waals surface area contributed by atoms with Crippen LogP contribution in [0.2, 0.25) is 0 Å². The first-order valence-corrected chi connectivity index (χ1v) is 5.49. The summed E-state index contributed by atoms with van der Waals surface area (Å²) in [5, 5.41) is 9.60. The first kappa shape index (κ1) is 9.61. The number of rotatable bonds is 2. The molecule has 0 aliphatic carbocycles. The molecular formula is C9H6BrNO2S. The van der Waals surface area contributed by atoms with E-state index in [1.807, 2.05) is 18.2 Å². The first-order valence-electron chi connectivity index (χ1n) is 3.92. The molecular weight excluding hydrogens is 266 g/mol. The largest absolute Gasteiger partial charge is 0.481 e.